The lowest BCUT2D eigenvalue weighted by Gasteiger charge is -2.39. The molecule has 0 unspecified atom stereocenters. The van der Waals surface area contributed by atoms with Gasteiger partial charge in [0.25, 0.3) is 0 Å². The highest BCUT2D eigenvalue weighted by Gasteiger charge is 2.45. The number of carboxylic acid groups (broad SMARTS) is 1. The first kappa shape index (κ1) is 36.8. The molecule has 0 amide bonds. The topological polar surface area (TPSA) is 74.2 Å². The molecule has 6 nitrogen and oxygen atoms in total. The Bertz CT molecular complexity index is 1060. The first-order valence-electron chi connectivity index (χ1n) is 15.2. The van der Waals surface area contributed by atoms with Crippen LogP contribution >= 0.6 is 11.6 Å². The highest BCUT2D eigenvalue weighted by Crippen LogP contribution is 2.41. The smallest absolute Gasteiger partial charge is 0.303 e. The Labute approximate surface area is 262 Å². The minimum Gasteiger partial charge on any atom is -0.491 e. The highest BCUT2D eigenvalue weighted by atomic mass is 35.5. The Balaban J connectivity index is 2.25. The minimum atomic E-state index is -2.09. The average molecular weight is 639 g/mol. The summed E-state index contributed by atoms with van der Waals surface area (Å²) in [5, 5.41) is 9.71. The Morgan fingerprint density at radius 3 is 2.31 bits per heavy atom. The van der Waals surface area contributed by atoms with Crippen LogP contribution in [0.15, 0.2) is 48.6 Å². The molecule has 0 aliphatic carbocycles. The predicted octanol–water partition coefficient (Wildman–Crippen LogP) is 9.27. The van der Waals surface area contributed by atoms with Gasteiger partial charge in [-0.2, -0.15) is 0 Å². The zero-order valence-electron chi connectivity index (χ0n) is 27.5. The number of carbonyl (C=O) groups is 1. The third-order valence-electron chi connectivity index (χ3n) is 8.94. The molecule has 1 N–H and O–H groups in total. The molecule has 2 rings (SSSR count). The van der Waals surface area contributed by atoms with Crippen molar-refractivity contribution in [3.05, 3.63) is 53.6 Å². The van der Waals surface area contributed by atoms with E-state index in [2.05, 4.69) is 86.0 Å². The number of aliphatic carboxylic acids is 1. The largest absolute Gasteiger partial charge is 0.491 e. The molecule has 238 valence electrons. The molecule has 0 aromatic heterocycles. The van der Waals surface area contributed by atoms with Crippen LogP contribution in [-0.2, 0) is 18.4 Å². The first-order valence-corrected chi connectivity index (χ1v) is 21.4. The number of hydrogen-bond acceptors (Lipinski definition) is 5. The van der Waals surface area contributed by atoms with Crippen LogP contribution in [0.2, 0.25) is 41.3 Å². The molecule has 1 aromatic rings. The molecular formula is C33H55ClO6Si2. The summed E-state index contributed by atoms with van der Waals surface area (Å²) in [5.74, 6) is 0.125. The van der Waals surface area contributed by atoms with Crippen molar-refractivity contribution in [1.82, 2.24) is 0 Å². The molecule has 0 bridgehead atoms. The normalized spacial score (nSPS) is 21.4. The SMILES string of the molecule is CC(C)(C)[Si](C)(C)O[C@H](/C=C/[C@H]1OC[C@H](O[Si](C)(C)C(C)(C)C)[C@@H]1CC/C=C\CCC(=O)O)COc1cccc(Cl)c1. The van der Waals surface area contributed by atoms with Crippen LogP contribution in [-0.4, -0.2) is 59.2 Å². The second-order valence-electron chi connectivity index (χ2n) is 14.4. The molecule has 1 aliphatic heterocycles. The quantitative estimate of drug-likeness (QED) is 0.152. The Hall–Kier alpha value is -1.43. The molecule has 1 heterocycles. The van der Waals surface area contributed by atoms with Crippen molar-refractivity contribution in [3.8, 4) is 5.75 Å². The predicted molar refractivity (Wildman–Crippen MR) is 179 cm³/mol. The van der Waals surface area contributed by atoms with Gasteiger partial charge in [0, 0.05) is 17.4 Å². The number of benzene rings is 1. The number of allylic oxidation sites excluding steroid dienone is 2. The molecule has 9 heteroatoms. The molecule has 0 radical (unpaired) electrons. The summed E-state index contributed by atoms with van der Waals surface area (Å²) in [6.07, 6.45) is 10.4. The lowest BCUT2D eigenvalue weighted by molar-refractivity contribution is -0.136. The van der Waals surface area contributed by atoms with E-state index in [1.54, 1.807) is 0 Å². The minimum absolute atomic E-state index is 0.00966. The molecule has 0 spiro atoms. The number of rotatable bonds is 15. The number of hydrogen-bond donors (Lipinski definition) is 1. The van der Waals surface area contributed by atoms with Gasteiger partial charge in [-0.05, 0) is 73.7 Å². The zero-order valence-corrected chi connectivity index (χ0v) is 30.3. The second-order valence-corrected chi connectivity index (χ2v) is 24.4. The zero-order chi connectivity index (χ0) is 31.8. The van der Waals surface area contributed by atoms with Crippen LogP contribution in [0.5, 0.6) is 5.75 Å². The second kappa shape index (κ2) is 15.5. The Kier molecular flexibility index (Phi) is 13.6. The lowest BCUT2D eigenvalue weighted by atomic mass is 9.93. The standard InChI is InChI=1S/C33H55ClO6Si2/c1-32(2,3)41(7,8)39-27(23-37-26-17-15-16-25(34)22-26)20-21-29-28(18-13-11-12-14-19-31(35)36)30(24-38-29)40-42(9,10)33(4,5)6/h11-12,15-17,20-22,27-30H,13-14,18-19,23-24H2,1-10H3,(H,35,36)/b12-11-,21-20+/t27-,28-,29-,30+/m1/s1. The van der Waals surface area contributed by atoms with Gasteiger partial charge in [0.1, 0.15) is 12.4 Å². The van der Waals surface area contributed by atoms with Crippen molar-refractivity contribution in [3.63, 3.8) is 0 Å². The summed E-state index contributed by atoms with van der Waals surface area (Å²) >= 11 is 6.19. The van der Waals surface area contributed by atoms with Gasteiger partial charge in [0.2, 0.25) is 0 Å². The van der Waals surface area contributed by atoms with E-state index in [4.69, 9.17) is 35.0 Å². The van der Waals surface area contributed by atoms with E-state index < -0.39 is 22.6 Å². The van der Waals surface area contributed by atoms with Crippen molar-refractivity contribution >= 4 is 34.2 Å². The van der Waals surface area contributed by atoms with E-state index in [1.807, 2.05) is 30.3 Å². The van der Waals surface area contributed by atoms with E-state index in [1.165, 1.54) is 0 Å². The van der Waals surface area contributed by atoms with Crippen molar-refractivity contribution in [2.24, 2.45) is 5.92 Å². The van der Waals surface area contributed by atoms with Gasteiger partial charge in [-0.1, -0.05) is 83.5 Å². The molecule has 42 heavy (non-hydrogen) atoms. The monoisotopic (exact) mass is 638 g/mol. The van der Waals surface area contributed by atoms with Crippen LogP contribution in [0.1, 0.15) is 67.2 Å². The lowest BCUT2D eigenvalue weighted by Crippen LogP contribution is -2.46. The molecule has 0 saturated carbocycles. The third-order valence-corrected chi connectivity index (χ3v) is 18.2. The first-order chi connectivity index (χ1) is 19.3. The molecule has 1 aromatic carbocycles. The summed E-state index contributed by atoms with van der Waals surface area (Å²) in [7, 11) is -4.09. The van der Waals surface area contributed by atoms with Crippen molar-refractivity contribution in [1.29, 1.82) is 0 Å². The van der Waals surface area contributed by atoms with Crippen molar-refractivity contribution in [2.75, 3.05) is 13.2 Å². The summed E-state index contributed by atoms with van der Waals surface area (Å²) in [6.45, 7) is 23.5. The summed E-state index contributed by atoms with van der Waals surface area (Å²) < 4.78 is 26.2. The molecule has 1 saturated heterocycles. The Morgan fingerprint density at radius 1 is 1.07 bits per heavy atom. The van der Waals surface area contributed by atoms with Gasteiger partial charge < -0.3 is 23.4 Å². The number of carboxylic acids is 1. The maximum Gasteiger partial charge on any atom is 0.303 e. The maximum atomic E-state index is 10.9. The Morgan fingerprint density at radius 2 is 1.71 bits per heavy atom. The van der Waals surface area contributed by atoms with Crippen LogP contribution in [0.25, 0.3) is 0 Å². The van der Waals surface area contributed by atoms with Crippen molar-refractivity contribution < 1.29 is 28.2 Å². The average Bonchev–Trinajstić information content (AvgIpc) is 3.21. The number of ether oxygens (including phenoxy) is 2. The fourth-order valence-electron chi connectivity index (χ4n) is 4.27. The summed E-state index contributed by atoms with van der Waals surface area (Å²) in [5.41, 5.74) is 0. The van der Waals surface area contributed by atoms with E-state index >= 15 is 0 Å². The van der Waals surface area contributed by atoms with Gasteiger partial charge in [-0.25, -0.2) is 0 Å². The van der Waals surface area contributed by atoms with Gasteiger partial charge in [-0.3, -0.25) is 4.79 Å². The summed E-state index contributed by atoms with van der Waals surface area (Å²) in [6, 6.07) is 7.44. The van der Waals surface area contributed by atoms with E-state index in [0.29, 0.717) is 30.4 Å². The fraction of sp³-hybridized carbons (Fsp3) is 0.667. The van der Waals surface area contributed by atoms with Gasteiger partial charge in [0.15, 0.2) is 16.6 Å². The molecule has 1 aliphatic rings. The van der Waals surface area contributed by atoms with E-state index in [-0.39, 0.29) is 40.7 Å². The number of halogens is 1. The maximum absolute atomic E-state index is 10.9. The van der Waals surface area contributed by atoms with Crippen LogP contribution in [0, 0.1) is 5.92 Å². The van der Waals surface area contributed by atoms with Gasteiger partial charge >= 0.3 is 5.97 Å². The van der Waals surface area contributed by atoms with Gasteiger partial charge in [-0.15, -0.1) is 0 Å². The fourth-order valence-corrected chi connectivity index (χ4v) is 7.06. The van der Waals surface area contributed by atoms with E-state index in [9.17, 15) is 4.79 Å². The van der Waals surface area contributed by atoms with E-state index in [0.717, 1.165) is 12.8 Å². The third kappa shape index (κ3) is 11.6. The highest BCUT2D eigenvalue weighted by molar-refractivity contribution is 6.74. The molecular weight excluding hydrogens is 584 g/mol. The van der Waals surface area contributed by atoms with Gasteiger partial charge in [0.05, 0.1) is 24.9 Å². The van der Waals surface area contributed by atoms with Crippen LogP contribution < -0.4 is 4.74 Å². The van der Waals surface area contributed by atoms with Crippen LogP contribution in [0.3, 0.4) is 0 Å². The summed E-state index contributed by atoms with van der Waals surface area (Å²) in [4.78, 5) is 10.9. The van der Waals surface area contributed by atoms with Crippen molar-refractivity contribution in [2.45, 2.75) is 122 Å². The van der Waals surface area contributed by atoms with Crippen LogP contribution in [0.4, 0.5) is 0 Å². The molecule has 1 fully saturated rings. The molecule has 4 atom stereocenters.